The van der Waals surface area contributed by atoms with Gasteiger partial charge >= 0.3 is 0 Å². The molecule has 4 heteroatoms. The van der Waals surface area contributed by atoms with Gasteiger partial charge in [0.25, 0.3) is 0 Å². The Kier molecular flexibility index (Phi) is 4.97. The molecule has 1 aliphatic carbocycles. The molecule has 3 atom stereocenters. The summed E-state index contributed by atoms with van der Waals surface area (Å²) >= 11 is 0. The van der Waals surface area contributed by atoms with Crippen molar-refractivity contribution in [1.29, 1.82) is 0 Å². The van der Waals surface area contributed by atoms with Gasteiger partial charge in [-0.2, -0.15) is 4.98 Å². The molecule has 1 heterocycles. The summed E-state index contributed by atoms with van der Waals surface area (Å²) < 4.78 is 5.36. The van der Waals surface area contributed by atoms with Crippen molar-refractivity contribution in [2.45, 2.75) is 71.3 Å². The molecule has 0 bridgehead atoms. The van der Waals surface area contributed by atoms with E-state index >= 15 is 0 Å². The summed E-state index contributed by atoms with van der Waals surface area (Å²) in [7, 11) is 0. The van der Waals surface area contributed by atoms with E-state index in [1.807, 2.05) is 0 Å². The Morgan fingerprint density at radius 1 is 1.37 bits per heavy atom. The molecule has 108 valence electrons. The van der Waals surface area contributed by atoms with Crippen molar-refractivity contribution in [2.24, 2.45) is 17.6 Å². The first-order chi connectivity index (χ1) is 9.10. The van der Waals surface area contributed by atoms with Gasteiger partial charge in [0.15, 0.2) is 5.82 Å². The molecule has 1 aromatic rings. The number of nitrogens with two attached hydrogens (primary N) is 1. The van der Waals surface area contributed by atoms with Crippen LogP contribution in [0.15, 0.2) is 4.52 Å². The van der Waals surface area contributed by atoms with E-state index < -0.39 is 0 Å². The highest BCUT2D eigenvalue weighted by Gasteiger charge is 2.27. The molecule has 0 saturated heterocycles. The zero-order chi connectivity index (χ0) is 13.8. The van der Waals surface area contributed by atoms with E-state index in [4.69, 9.17) is 10.3 Å². The quantitative estimate of drug-likeness (QED) is 0.879. The van der Waals surface area contributed by atoms with Crippen LogP contribution in [0.4, 0.5) is 0 Å². The molecular formula is C15H27N3O. The normalized spacial score (nSPS) is 25.7. The van der Waals surface area contributed by atoms with E-state index in [-0.39, 0.29) is 6.04 Å². The summed E-state index contributed by atoms with van der Waals surface area (Å²) in [5.74, 6) is 3.34. The van der Waals surface area contributed by atoms with Crippen molar-refractivity contribution in [1.82, 2.24) is 10.1 Å². The first kappa shape index (κ1) is 14.5. The van der Waals surface area contributed by atoms with Crippen LogP contribution in [0.2, 0.25) is 0 Å². The third-order valence-electron chi connectivity index (χ3n) is 4.23. The minimum atomic E-state index is -0.119. The van der Waals surface area contributed by atoms with E-state index in [0.29, 0.717) is 17.7 Å². The highest BCUT2D eigenvalue weighted by Crippen LogP contribution is 2.36. The monoisotopic (exact) mass is 265 g/mol. The van der Waals surface area contributed by atoms with Gasteiger partial charge in [-0.25, -0.2) is 0 Å². The van der Waals surface area contributed by atoms with Gasteiger partial charge in [0.05, 0.1) is 6.04 Å². The minimum absolute atomic E-state index is 0.119. The minimum Gasteiger partial charge on any atom is -0.338 e. The Morgan fingerprint density at radius 2 is 2.16 bits per heavy atom. The SMILES string of the molecule is CCC1CCCC(c2noc([C@@H](N)CC(C)C)n2)C1. The maximum absolute atomic E-state index is 6.10. The molecule has 0 radical (unpaired) electrons. The molecule has 0 spiro atoms. The second-order valence-electron chi connectivity index (χ2n) is 6.36. The van der Waals surface area contributed by atoms with Gasteiger partial charge in [-0.15, -0.1) is 0 Å². The molecule has 1 fully saturated rings. The highest BCUT2D eigenvalue weighted by atomic mass is 16.5. The Labute approximate surface area is 116 Å². The summed E-state index contributed by atoms with van der Waals surface area (Å²) in [4.78, 5) is 4.55. The van der Waals surface area contributed by atoms with Gasteiger partial charge in [0.2, 0.25) is 5.89 Å². The highest BCUT2D eigenvalue weighted by molar-refractivity contribution is 5.00. The number of nitrogens with zero attached hydrogens (tertiary/aromatic N) is 2. The Morgan fingerprint density at radius 3 is 2.84 bits per heavy atom. The van der Waals surface area contributed by atoms with Crippen molar-refractivity contribution in [3.8, 4) is 0 Å². The predicted molar refractivity (Wildman–Crippen MR) is 75.7 cm³/mol. The van der Waals surface area contributed by atoms with Crippen molar-refractivity contribution in [3.63, 3.8) is 0 Å². The Balaban J connectivity index is 2.00. The molecule has 0 aliphatic heterocycles. The van der Waals surface area contributed by atoms with Gasteiger partial charge in [0, 0.05) is 5.92 Å². The Hall–Kier alpha value is -0.900. The van der Waals surface area contributed by atoms with Crippen LogP contribution in [0.3, 0.4) is 0 Å². The molecule has 2 rings (SSSR count). The fourth-order valence-corrected chi connectivity index (χ4v) is 3.07. The van der Waals surface area contributed by atoms with Gasteiger partial charge in [0.1, 0.15) is 0 Å². The average Bonchev–Trinajstić information content (AvgIpc) is 2.88. The molecule has 0 amide bonds. The molecule has 2 unspecified atom stereocenters. The molecule has 19 heavy (non-hydrogen) atoms. The zero-order valence-electron chi connectivity index (χ0n) is 12.4. The summed E-state index contributed by atoms with van der Waals surface area (Å²) in [5.41, 5.74) is 6.10. The summed E-state index contributed by atoms with van der Waals surface area (Å²) in [5, 5.41) is 4.17. The van der Waals surface area contributed by atoms with Gasteiger partial charge in [-0.05, 0) is 31.1 Å². The van der Waals surface area contributed by atoms with Crippen LogP contribution in [-0.2, 0) is 0 Å². The first-order valence-corrected chi connectivity index (χ1v) is 7.69. The summed E-state index contributed by atoms with van der Waals surface area (Å²) in [6, 6.07) is -0.119. The van der Waals surface area contributed by atoms with E-state index in [9.17, 15) is 0 Å². The van der Waals surface area contributed by atoms with Gasteiger partial charge in [-0.1, -0.05) is 45.2 Å². The number of rotatable bonds is 5. The average molecular weight is 265 g/mol. The maximum atomic E-state index is 6.10. The molecule has 4 nitrogen and oxygen atoms in total. The van der Waals surface area contributed by atoms with E-state index in [1.54, 1.807) is 0 Å². The van der Waals surface area contributed by atoms with Crippen molar-refractivity contribution >= 4 is 0 Å². The largest absolute Gasteiger partial charge is 0.338 e. The third-order valence-corrected chi connectivity index (χ3v) is 4.23. The Bertz CT molecular complexity index is 388. The molecule has 1 aliphatic rings. The number of hydrogen-bond donors (Lipinski definition) is 1. The molecule has 1 saturated carbocycles. The maximum Gasteiger partial charge on any atom is 0.243 e. The lowest BCUT2D eigenvalue weighted by molar-refractivity contribution is 0.294. The smallest absolute Gasteiger partial charge is 0.243 e. The summed E-state index contributed by atoms with van der Waals surface area (Å²) in [6.45, 7) is 6.58. The van der Waals surface area contributed by atoms with Crippen LogP contribution in [0.5, 0.6) is 0 Å². The topological polar surface area (TPSA) is 64.9 Å². The zero-order valence-corrected chi connectivity index (χ0v) is 12.4. The van der Waals surface area contributed by atoms with Gasteiger partial charge in [-0.3, -0.25) is 0 Å². The predicted octanol–water partition coefficient (Wildman–Crippen LogP) is 3.80. The van der Waals surface area contributed by atoms with Crippen LogP contribution < -0.4 is 5.73 Å². The molecule has 2 N–H and O–H groups in total. The van der Waals surface area contributed by atoms with Crippen LogP contribution in [-0.4, -0.2) is 10.1 Å². The second kappa shape index (κ2) is 6.51. The lowest BCUT2D eigenvalue weighted by Crippen LogP contribution is -2.16. The number of hydrogen-bond acceptors (Lipinski definition) is 4. The standard InChI is InChI=1S/C15H27N3O/c1-4-11-6-5-7-12(9-11)14-17-15(19-18-14)13(16)8-10(2)3/h10-13H,4-9,16H2,1-3H3/t11?,12?,13-/m0/s1. The third kappa shape index (κ3) is 3.78. The molecular weight excluding hydrogens is 238 g/mol. The first-order valence-electron chi connectivity index (χ1n) is 7.69. The molecule has 1 aromatic heterocycles. The number of aromatic nitrogens is 2. The van der Waals surface area contributed by atoms with Crippen molar-refractivity contribution in [2.75, 3.05) is 0 Å². The van der Waals surface area contributed by atoms with Crippen LogP contribution in [0.25, 0.3) is 0 Å². The van der Waals surface area contributed by atoms with Crippen LogP contribution in [0, 0.1) is 11.8 Å². The second-order valence-corrected chi connectivity index (χ2v) is 6.36. The molecule has 0 aromatic carbocycles. The lowest BCUT2D eigenvalue weighted by atomic mass is 9.80. The van der Waals surface area contributed by atoms with Crippen LogP contribution in [0.1, 0.15) is 83.0 Å². The van der Waals surface area contributed by atoms with E-state index in [1.165, 1.54) is 32.1 Å². The fourth-order valence-electron chi connectivity index (χ4n) is 3.07. The fraction of sp³-hybridized carbons (Fsp3) is 0.867. The van der Waals surface area contributed by atoms with E-state index in [2.05, 4.69) is 30.9 Å². The van der Waals surface area contributed by atoms with E-state index in [0.717, 1.165) is 18.2 Å². The van der Waals surface area contributed by atoms with Crippen molar-refractivity contribution in [3.05, 3.63) is 11.7 Å². The lowest BCUT2D eigenvalue weighted by Gasteiger charge is -2.26. The van der Waals surface area contributed by atoms with Crippen LogP contribution >= 0.6 is 0 Å². The van der Waals surface area contributed by atoms with Crippen molar-refractivity contribution < 1.29 is 4.52 Å². The summed E-state index contributed by atoms with van der Waals surface area (Å²) in [6.07, 6.45) is 7.18. The van der Waals surface area contributed by atoms with Gasteiger partial charge < -0.3 is 10.3 Å².